The van der Waals surface area contributed by atoms with E-state index in [9.17, 15) is 15.2 Å². The quantitative estimate of drug-likeness (QED) is 0.249. The lowest BCUT2D eigenvalue weighted by molar-refractivity contribution is -0.112. The molecule has 0 aliphatic rings. The third kappa shape index (κ3) is 4.75. The van der Waals surface area contributed by atoms with Gasteiger partial charge in [0.15, 0.2) is 0 Å². The van der Waals surface area contributed by atoms with Crippen LogP contribution in [0.4, 0.5) is 11.4 Å². The number of para-hydroxylation sites is 1. The molecule has 0 aliphatic carbocycles. The van der Waals surface area contributed by atoms with Crippen LogP contribution in [0.15, 0.2) is 113 Å². The molecule has 4 rings (SSSR count). The van der Waals surface area contributed by atoms with Crippen LogP contribution in [0.1, 0.15) is 0 Å². The highest BCUT2D eigenvalue weighted by Crippen LogP contribution is 2.33. The highest BCUT2D eigenvalue weighted by atomic mass is 32.2. The number of carbonyl (C=O) groups is 1. The molecule has 0 aromatic heterocycles. The number of phenolic OH excluding ortho intramolecular Hbond substituents is 1. The monoisotopic (exact) mass is 437 g/mol. The third-order valence-electron chi connectivity index (χ3n) is 4.74. The van der Waals surface area contributed by atoms with Gasteiger partial charge in [0.25, 0.3) is 5.91 Å². The number of fused-ring (bicyclic) bond motifs is 1. The van der Waals surface area contributed by atoms with Gasteiger partial charge < -0.3 is 15.7 Å². The molecule has 4 aromatic carbocycles. The number of nitrogens with zero attached hydrogens (tertiary/aromatic N) is 1. The van der Waals surface area contributed by atoms with Gasteiger partial charge in [0.1, 0.15) is 17.4 Å². The van der Waals surface area contributed by atoms with E-state index in [1.807, 2.05) is 66.7 Å². The Bertz CT molecular complexity index is 1340. The molecule has 0 bridgehead atoms. The predicted molar refractivity (Wildman–Crippen MR) is 129 cm³/mol. The van der Waals surface area contributed by atoms with Gasteiger partial charge in [-0.2, -0.15) is 5.26 Å². The molecule has 32 heavy (non-hydrogen) atoms. The van der Waals surface area contributed by atoms with Crippen molar-refractivity contribution in [3.8, 4) is 11.8 Å². The fourth-order valence-corrected chi connectivity index (χ4v) is 4.10. The molecule has 1 amide bonds. The molecule has 0 atom stereocenters. The van der Waals surface area contributed by atoms with Gasteiger partial charge in [-0.05, 0) is 36.4 Å². The summed E-state index contributed by atoms with van der Waals surface area (Å²) in [6.45, 7) is 0. The fraction of sp³-hybridized carbons (Fsp3) is 0. The summed E-state index contributed by atoms with van der Waals surface area (Å²) >= 11 is 1.53. The fourth-order valence-electron chi connectivity index (χ4n) is 3.18. The summed E-state index contributed by atoms with van der Waals surface area (Å²) in [6.07, 6.45) is 1.38. The van der Waals surface area contributed by atoms with Crippen molar-refractivity contribution in [2.45, 2.75) is 9.79 Å². The summed E-state index contributed by atoms with van der Waals surface area (Å²) in [5, 5.41) is 26.9. The van der Waals surface area contributed by atoms with Gasteiger partial charge in [-0.15, -0.1) is 0 Å². The minimum atomic E-state index is -0.510. The van der Waals surface area contributed by atoms with Crippen LogP contribution < -0.4 is 10.6 Å². The van der Waals surface area contributed by atoms with E-state index in [-0.39, 0.29) is 11.3 Å². The molecule has 0 saturated carbocycles. The van der Waals surface area contributed by atoms with Crippen molar-refractivity contribution in [2.75, 3.05) is 10.6 Å². The molecule has 0 spiro atoms. The largest absolute Gasteiger partial charge is 0.507 e. The van der Waals surface area contributed by atoms with E-state index < -0.39 is 5.91 Å². The minimum Gasteiger partial charge on any atom is -0.507 e. The van der Waals surface area contributed by atoms with Gasteiger partial charge in [0.2, 0.25) is 0 Å². The number of aromatic hydroxyl groups is 1. The van der Waals surface area contributed by atoms with Gasteiger partial charge in [-0.3, -0.25) is 4.79 Å². The number of carbonyl (C=O) groups excluding carboxylic acids is 1. The molecule has 0 saturated heterocycles. The Morgan fingerprint density at radius 3 is 2.34 bits per heavy atom. The molecule has 0 fully saturated rings. The van der Waals surface area contributed by atoms with Crippen LogP contribution in [-0.2, 0) is 4.79 Å². The highest BCUT2D eigenvalue weighted by Gasteiger charge is 2.13. The summed E-state index contributed by atoms with van der Waals surface area (Å²) in [4.78, 5) is 14.7. The number of hydrogen-bond donors (Lipinski definition) is 3. The zero-order chi connectivity index (χ0) is 22.3. The van der Waals surface area contributed by atoms with E-state index in [0.717, 1.165) is 15.2 Å². The Morgan fingerprint density at radius 2 is 1.53 bits per heavy atom. The van der Waals surface area contributed by atoms with E-state index in [0.29, 0.717) is 16.8 Å². The Kier molecular flexibility index (Phi) is 6.40. The van der Waals surface area contributed by atoms with Crippen molar-refractivity contribution in [1.29, 1.82) is 5.26 Å². The molecule has 0 heterocycles. The molecule has 0 unspecified atom stereocenters. The normalized spacial score (nSPS) is 11.0. The minimum absolute atomic E-state index is 0.0679. The zero-order valence-corrected chi connectivity index (χ0v) is 17.8. The van der Waals surface area contributed by atoms with Crippen LogP contribution in [0, 0.1) is 11.3 Å². The summed E-state index contributed by atoms with van der Waals surface area (Å²) in [5.74, 6) is -0.343. The van der Waals surface area contributed by atoms with Crippen LogP contribution in [0.2, 0.25) is 0 Å². The first-order chi connectivity index (χ1) is 15.7. The number of phenols is 1. The van der Waals surface area contributed by atoms with Crippen LogP contribution in [-0.4, -0.2) is 11.0 Å². The SMILES string of the molecule is N#C/C(=C/Nc1cccc2c(O)cccc12)C(=O)Nc1ccccc1Sc1ccccc1. The van der Waals surface area contributed by atoms with Crippen molar-refractivity contribution < 1.29 is 9.90 Å². The molecule has 5 nitrogen and oxygen atoms in total. The van der Waals surface area contributed by atoms with Crippen molar-refractivity contribution >= 4 is 39.8 Å². The first-order valence-corrected chi connectivity index (χ1v) is 10.7. The summed E-state index contributed by atoms with van der Waals surface area (Å²) in [7, 11) is 0. The average Bonchev–Trinajstić information content (AvgIpc) is 2.82. The Labute approximate surface area is 190 Å². The Hall–Kier alpha value is -4.21. The van der Waals surface area contributed by atoms with Crippen molar-refractivity contribution in [2.24, 2.45) is 0 Å². The number of nitriles is 1. The zero-order valence-electron chi connectivity index (χ0n) is 16.9. The molecule has 0 radical (unpaired) electrons. The van der Waals surface area contributed by atoms with Gasteiger partial charge in [-0.1, -0.05) is 66.4 Å². The maximum absolute atomic E-state index is 12.8. The van der Waals surface area contributed by atoms with E-state index in [2.05, 4.69) is 10.6 Å². The topological polar surface area (TPSA) is 85.2 Å². The summed E-state index contributed by atoms with van der Waals surface area (Å²) in [5.41, 5.74) is 1.24. The third-order valence-corrected chi connectivity index (χ3v) is 5.83. The summed E-state index contributed by atoms with van der Waals surface area (Å²) in [6, 6.07) is 29.9. The number of benzene rings is 4. The maximum Gasteiger partial charge on any atom is 0.267 e. The van der Waals surface area contributed by atoms with Crippen molar-refractivity contribution in [3.63, 3.8) is 0 Å². The first-order valence-electron chi connectivity index (χ1n) is 9.86. The molecule has 0 aliphatic heterocycles. The second-order valence-corrected chi connectivity index (χ2v) is 7.97. The molecule has 6 heteroatoms. The van der Waals surface area contributed by atoms with Crippen LogP contribution in [0.25, 0.3) is 10.8 Å². The lowest BCUT2D eigenvalue weighted by atomic mass is 10.1. The van der Waals surface area contributed by atoms with Gasteiger partial charge in [-0.25, -0.2) is 0 Å². The number of nitrogens with one attached hydrogen (secondary N) is 2. The maximum atomic E-state index is 12.8. The van der Waals surface area contributed by atoms with E-state index in [1.54, 1.807) is 30.3 Å². The lowest BCUT2D eigenvalue weighted by Crippen LogP contribution is -2.15. The lowest BCUT2D eigenvalue weighted by Gasteiger charge is -2.11. The second kappa shape index (κ2) is 9.73. The average molecular weight is 438 g/mol. The molecular weight excluding hydrogens is 418 g/mol. The second-order valence-electron chi connectivity index (χ2n) is 6.86. The summed E-state index contributed by atoms with van der Waals surface area (Å²) < 4.78 is 0. The molecule has 156 valence electrons. The predicted octanol–water partition coefficient (Wildman–Crippen LogP) is 6.15. The highest BCUT2D eigenvalue weighted by molar-refractivity contribution is 7.99. The molecule has 4 aromatic rings. The van der Waals surface area contributed by atoms with Crippen LogP contribution in [0.3, 0.4) is 0 Å². The van der Waals surface area contributed by atoms with Gasteiger partial charge in [0.05, 0.1) is 5.69 Å². The number of hydrogen-bond acceptors (Lipinski definition) is 5. The standard InChI is InChI=1S/C26H19N3O2S/c27-16-18(17-28-22-13-6-11-21-20(22)10-7-14-24(21)30)26(31)29-23-12-4-5-15-25(23)32-19-8-2-1-3-9-19/h1-15,17,28,30H,(H,29,31)/b18-17-. The molecular formula is C26H19N3O2S. The van der Waals surface area contributed by atoms with Crippen LogP contribution >= 0.6 is 11.8 Å². The van der Waals surface area contributed by atoms with Gasteiger partial charge >= 0.3 is 0 Å². The smallest absolute Gasteiger partial charge is 0.267 e. The number of amides is 1. The Balaban J connectivity index is 1.54. The van der Waals surface area contributed by atoms with E-state index in [1.165, 1.54) is 18.0 Å². The van der Waals surface area contributed by atoms with E-state index in [4.69, 9.17) is 0 Å². The van der Waals surface area contributed by atoms with Crippen molar-refractivity contribution in [1.82, 2.24) is 0 Å². The first kappa shape index (κ1) is 21.0. The molecule has 3 N–H and O–H groups in total. The van der Waals surface area contributed by atoms with E-state index >= 15 is 0 Å². The number of rotatable bonds is 6. The van der Waals surface area contributed by atoms with Gasteiger partial charge in [0, 0.05) is 32.5 Å². The van der Waals surface area contributed by atoms with Crippen molar-refractivity contribution in [3.05, 3.63) is 103 Å². The van der Waals surface area contributed by atoms with Crippen LogP contribution in [0.5, 0.6) is 5.75 Å². The number of anilines is 2. The Morgan fingerprint density at radius 1 is 0.844 bits per heavy atom.